The van der Waals surface area contributed by atoms with Crippen molar-refractivity contribution in [2.45, 2.75) is 13.5 Å². The van der Waals surface area contributed by atoms with Gasteiger partial charge in [-0.2, -0.15) is 0 Å². The van der Waals surface area contributed by atoms with Crippen LogP contribution in [0.1, 0.15) is 12.5 Å². The summed E-state index contributed by atoms with van der Waals surface area (Å²) in [5.74, 6) is 0.888. The summed E-state index contributed by atoms with van der Waals surface area (Å²) in [6, 6.07) is 16.3. The fraction of sp³-hybridized carbons (Fsp3) is 0.167. The first-order valence-electron chi connectivity index (χ1n) is 7.28. The van der Waals surface area contributed by atoms with Gasteiger partial charge in [0, 0.05) is 23.1 Å². The van der Waals surface area contributed by atoms with Crippen LogP contribution in [-0.2, 0) is 6.54 Å². The van der Waals surface area contributed by atoms with Crippen molar-refractivity contribution in [2.75, 3.05) is 6.61 Å². The van der Waals surface area contributed by atoms with Crippen LogP contribution in [0.5, 0.6) is 5.75 Å². The van der Waals surface area contributed by atoms with Gasteiger partial charge in [0.05, 0.1) is 12.3 Å². The number of ether oxygens (including phenoxy) is 1. The number of hydrogen-bond acceptors (Lipinski definition) is 4. The monoisotopic (exact) mass is 310 g/mol. The van der Waals surface area contributed by atoms with Crippen molar-refractivity contribution in [1.29, 1.82) is 0 Å². The van der Waals surface area contributed by atoms with E-state index in [0.29, 0.717) is 13.2 Å². The molecule has 1 heterocycles. The van der Waals surface area contributed by atoms with Crippen LogP contribution >= 0.6 is 11.3 Å². The van der Waals surface area contributed by atoms with Crippen LogP contribution in [0.4, 0.5) is 0 Å². The van der Waals surface area contributed by atoms with Crippen LogP contribution in [0, 0.1) is 0 Å². The molecule has 4 heteroatoms. The summed E-state index contributed by atoms with van der Waals surface area (Å²) in [4.78, 5) is 4.73. The van der Waals surface area contributed by atoms with Gasteiger partial charge in [0.2, 0.25) is 0 Å². The highest BCUT2D eigenvalue weighted by atomic mass is 32.1. The highest BCUT2D eigenvalue weighted by molar-refractivity contribution is 7.13. The Morgan fingerprint density at radius 2 is 1.68 bits per heavy atom. The smallest absolute Gasteiger partial charge is 0.124 e. The van der Waals surface area contributed by atoms with Gasteiger partial charge in [0.15, 0.2) is 0 Å². The SMILES string of the molecule is CCOc1ccc(-c2csc(-c3ccc(CN)cc3)n2)cc1. The quantitative estimate of drug-likeness (QED) is 0.763. The highest BCUT2D eigenvalue weighted by Crippen LogP contribution is 2.29. The maximum absolute atomic E-state index is 5.63. The van der Waals surface area contributed by atoms with Gasteiger partial charge in [-0.25, -0.2) is 4.98 Å². The summed E-state index contributed by atoms with van der Waals surface area (Å²) in [7, 11) is 0. The topological polar surface area (TPSA) is 48.1 Å². The number of nitrogens with zero attached hydrogens (tertiary/aromatic N) is 1. The lowest BCUT2D eigenvalue weighted by Crippen LogP contribution is -1.95. The largest absolute Gasteiger partial charge is 0.494 e. The maximum atomic E-state index is 5.63. The lowest BCUT2D eigenvalue weighted by atomic mass is 10.1. The molecule has 0 atom stereocenters. The first-order chi connectivity index (χ1) is 10.8. The molecule has 0 aliphatic rings. The molecule has 0 aliphatic carbocycles. The zero-order chi connectivity index (χ0) is 15.4. The normalized spacial score (nSPS) is 10.6. The van der Waals surface area contributed by atoms with Crippen LogP contribution in [-0.4, -0.2) is 11.6 Å². The third-order valence-corrected chi connectivity index (χ3v) is 4.29. The molecular formula is C18H18N2OS. The van der Waals surface area contributed by atoms with E-state index in [2.05, 4.69) is 17.5 Å². The van der Waals surface area contributed by atoms with Crippen LogP contribution in [0.15, 0.2) is 53.9 Å². The third kappa shape index (κ3) is 3.18. The van der Waals surface area contributed by atoms with Crippen molar-refractivity contribution >= 4 is 11.3 Å². The van der Waals surface area contributed by atoms with E-state index in [4.69, 9.17) is 15.5 Å². The van der Waals surface area contributed by atoms with E-state index in [9.17, 15) is 0 Å². The molecule has 2 aromatic carbocycles. The summed E-state index contributed by atoms with van der Waals surface area (Å²) >= 11 is 1.65. The molecule has 0 unspecified atom stereocenters. The first-order valence-corrected chi connectivity index (χ1v) is 8.16. The second-order valence-corrected chi connectivity index (χ2v) is 5.75. The molecule has 3 rings (SSSR count). The molecular weight excluding hydrogens is 292 g/mol. The van der Waals surface area contributed by atoms with Gasteiger partial charge in [-0.1, -0.05) is 24.3 Å². The number of aromatic nitrogens is 1. The lowest BCUT2D eigenvalue weighted by Gasteiger charge is -2.03. The Labute approximate surface area is 134 Å². The van der Waals surface area contributed by atoms with Crippen LogP contribution in [0.2, 0.25) is 0 Å². The Hall–Kier alpha value is -2.17. The molecule has 0 spiro atoms. The summed E-state index contributed by atoms with van der Waals surface area (Å²) in [6.45, 7) is 3.23. The fourth-order valence-electron chi connectivity index (χ4n) is 2.21. The van der Waals surface area contributed by atoms with Gasteiger partial charge in [0.25, 0.3) is 0 Å². The van der Waals surface area contributed by atoms with Crippen molar-refractivity contribution in [3.05, 3.63) is 59.5 Å². The van der Waals surface area contributed by atoms with E-state index >= 15 is 0 Å². The van der Waals surface area contributed by atoms with Crippen LogP contribution in [0.3, 0.4) is 0 Å². The van der Waals surface area contributed by atoms with Gasteiger partial charge < -0.3 is 10.5 Å². The maximum Gasteiger partial charge on any atom is 0.124 e. The number of hydrogen-bond donors (Lipinski definition) is 1. The van der Waals surface area contributed by atoms with Crippen molar-refractivity contribution in [1.82, 2.24) is 4.98 Å². The van der Waals surface area contributed by atoms with Crippen molar-refractivity contribution in [2.24, 2.45) is 5.73 Å². The molecule has 2 N–H and O–H groups in total. The minimum atomic E-state index is 0.565. The zero-order valence-electron chi connectivity index (χ0n) is 12.5. The molecule has 3 nitrogen and oxygen atoms in total. The van der Waals surface area contributed by atoms with E-state index in [0.717, 1.165) is 33.1 Å². The molecule has 112 valence electrons. The Kier molecular flexibility index (Phi) is 4.51. The van der Waals surface area contributed by atoms with E-state index in [1.54, 1.807) is 11.3 Å². The van der Waals surface area contributed by atoms with Gasteiger partial charge in [0.1, 0.15) is 10.8 Å². The molecule has 1 aromatic heterocycles. The van der Waals surface area contributed by atoms with Gasteiger partial charge in [-0.05, 0) is 36.8 Å². The minimum Gasteiger partial charge on any atom is -0.494 e. The molecule has 0 fully saturated rings. The molecule has 22 heavy (non-hydrogen) atoms. The minimum absolute atomic E-state index is 0.565. The van der Waals surface area contributed by atoms with E-state index in [-0.39, 0.29) is 0 Å². The van der Waals surface area contributed by atoms with Gasteiger partial charge in [-0.3, -0.25) is 0 Å². The number of rotatable bonds is 5. The first kappa shape index (κ1) is 14.8. The van der Waals surface area contributed by atoms with Crippen molar-refractivity contribution in [3.8, 4) is 27.6 Å². The standard InChI is InChI=1S/C18H18N2OS/c1-2-21-16-9-7-14(8-10-16)17-12-22-18(20-17)15-5-3-13(11-19)4-6-15/h3-10,12H,2,11,19H2,1H3. The zero-order valence-corrected chi connectivity index (χ0v) is 13.3. The van der Waals surface area contributed by atoms with Crippen LogP contribution < -0.4 is 10.5 Å². The molecule has 0 saturated carbocycles. The Bertz CT molecular complexity index is 733. The summed E-state index contributed by atoms with van der Waals surface area (Å²) in [6.07, 6.45) is 0. The van der Waals surface area contributed by atoms with Gasteiger partial charge in [-0.15, -0.1) is 11.3 Å². The van der Waals surface area contributed by atoms with E-state index in [1.165, 1.54) is 0 Å². The van der Waals surface area contributed by atoms with Crippen molar-refractivity contribution in [3.63, 3.8) is 0 Å². The molecule has 0 bridgehead atoms. The number of nitrogens with two attached hydrogens (primary N) is 1. The third-order valence-electron chi connectivity index (χ3n) is 3.40. The Balaban J connectivity index is 1.83. The predicted octanol–water partition coefficient (Wildman–Crippen LogP) is 4.33. The molecule has 0 aliphatic heterocycles. The molecule has 0 saturated heterocycles. The summed E-state index contributed by atoms with van der Waals surface area (Å²) in [5, 5.41) is 3.11. The average Bonchev–Trinajstić information content (AvgIpc) is 3.06. The average molecular weight is 310 g/mol. The summed E-state index contributed by atoms with van der Waals surface area (Å²) < 4.78 is 5.47. The Morgan fingerprint density at radius 1 is 1.00 bits per heavy atom. The molecule has 0 radical (unpaired) electrons. The second-order valence-electron chi connectivity index (χ2n) is 4.90. The van der Waals surface area contributed by atoms with Gasteiger partial charge >= 0.3 is 0 Å². The highest BCUT2D eigenvalue weighted by Gasteiger charge is 2.07. The second kappa shape index (κ2) is 6.73. The van der Waals surface area contributed by atoms with E-state index < -0.39 is 0 Å². The fourth-order valence-corrected chi connectivity index (χ4v) is 3.05. The summed E-state index contributed by atoms with van der Waals surface area (Å²) in [5.41, 5.74) is 9.98. The van der Waals surface area contributed by atoms with E-state index in [1.807, 2.05) is 43.3 Å². The predicted molar refractivity (Wildman–Crippen MR) is 92.0 cm³/mol. The Morgan fingerprint density at radius 3 is 2.32 bits per heavy atom. The number of thiazole rings is 1. The number of benzene rings is 2. The molecule has 0 amide bonds. The lowest BCUT2D eigenvalue weighted by molar-refractivity contribution is 0.340. The van der Waals surface area contributed by atoms with Crippen molar-refractivity contribution < 1.29 is 4.74 Å². The van der Waals surface area contributed by atoms with Crippen LogP contribution in [0.25, 0.3) is 21.8 Å². The molecule has 3 aromatic rings.